The van der Waals surface area contributed by atoms with Gasteiger partial charge >= 0.3 is 5.97 Å². The van der Waals surface area contributed by atoms with Crippen LogP contribution in [0.1, 0.15) is 75.4 Å². The molecule has 35 heavy (non-hydrogen) atoms. The average molecular weight is 475 g/mol. The third kappa shape index (κ3) is 7.52. The summed E-state index contributed by atoms with van der Waals surface area (Å²) >= 11 is 0. The van der Waals surface area contributed by atoms with Gasteiger partial charge < -0.3 is 10.1 Å². The number of esters is 1. The van der Waals surface area contributed by atoms with E-state index in [2.05, 4.69) is 72.6 Å². The van der Waals surface area contributed by atoms with Gasteiger partial charge in [-0.05, 0) is 88.2 Å². The SMILES string of the molecule is CC(C)C(=Cc1ccccc1)[C@@H]1C[C@H]1NC1CCN(Cc2ccc(C(=O)OC(C)(C)C)cc2)CC1. The summed E-state index contributed by atoms with van der Waals surface area (Å²) in [5, 5.41) is 3.97. The molecule has 4 heteroatoms. The van der Waals surface area contributed by atoms with Gasteiger partial charge in [-0.25, -0.2) is 4.79 Å². The molecular formula is C31H42N2O2. The van der Waals surface area contributed by atoms with E-state index in [4.69, 9.17) is 4.74 Å². The summed E-state index contributed by atoms with van der Waals surface area (Å²) in [6.07, 6.45) is 6.06. The van der Waals surface area contributed by atoms with Crippen molar-refractivity contribution in [2.75, 3.05) is 13.1 Å². The van der Waals surface area contributed by atoms with E-state index in [0.717, 1.165) is 19.6 Å². The highest BCUT2D eigenvalue weighted by Gasteiger charge is 2.41. The average Bonchev–Trinajstić information content (AvgIpc) is 3.57. The van der Waals surface area contributed by atoms with Crippen LogP contribution in [0.25, 0.3) is 6.08 Å². The van der Waals surface area contributed by atoms with Crippen molar-refractivity contribution in [3.8, 4) is 0 Å². The standard InChI is InChI=1S/C31H42N2O2/c1-22(2)27(19-23-9-7-6-8-10-23)28-20-29(28)32-26-15-17-33(18-16-26)21-24-11-13-25(14-12-24)30(34)35-31(3,4)5/h6-14,19,22,26,28-29,32H,15-18,20-21H2,1-5H3/t28-,29+/m0/s1. The van der Waals surface area contributed by atoms with Crippen LogP contribution in [-0.2, 0) is 11.3 Å². The van der Waals surface area contributed by atoms with Crippen molar-refractivity contribution < 1.29 is 9.53 Å². The summed E-state index contributed by atoms with van der Waals surface area (Å²) in [6, 6.07) is 19.9. The molecule has 2 aromatic carbocycles. The number of rotatable bonds is 8. The monoisotopic (exact) mass is 474 g/mol. The maximum absolute atomic E-state index is 12.2. The topological polar surface area (TPSA) is 41.6 Å². The number of carbonyl (C=O) groups excluding carboxylic acids is 1. The fraction of sp³-hybridized carbons (Fsp3) is 0.516. The highest BCUT2D eigenvalue weighted by molar-refractivity contribution is 5.89. The fourth-order valence-corrected chi connectivity index (χ4v) is 5.09. The minimum absolute atomic E-state index is 0.256. The van der Waals surface area contributed by atoms with Gasteiger partial charge in [-0.3, -0.25) is 4.90 Å². The fourth-order valence-electron chi connectivity index (χ4n) is 5.09. The Kier molecular flexibility index (Phi) is 8.13. The number of carbonyl (C=O) groups is 1. The third-order valence-corrected chi connectivity index (χ3v) is 7.05. The maximum atomic E-state index is 12.2. The lowest BCUT2D eigenvalue weighted by Gasteiger charge is -2.32. The zero-order valence-corrected chi connectivity index (χ0v) is 22.1. The van der Waals surface area contributed by atoms with Crippen LogP contribution in [-0.4, -0.2) is 41.6 Å². The van der Waals surface area contributed by atoms with Crippen LogP contribution in [0.2, 0.25) is 0 Å². The first kappa shape index (κ1) is 25.7. The lowest BCUT2D eigenvalue weighted by atomic mass is 9.95. The van der Waals surface area contributed by atoms with Crippen molar-refractivity contribution in [2.45, 2.75) is 78.1 Å². The molecule has 0 amide bonds. The number of hydrogen-bond acceptors (Lipinski definition) is 4. The van der Waals surface area contributed by atoms with Crippen LogP contribution < -0.4 is 5.32 Å². The van der Waals surface area contributed by atoms with Crippen LogP contribution in [0.4, 0.5) is 0 Å². The third-order valence-electron chi connectivity index (χ3n) is 7.05. The number of likely N-dealkylation sites (tertiary alicyclic amines) is 1. The van der Waals surface area contributed by atoms with Crippen molar-refractivity contribution >= 4 is 12.0 Å². The zero-order chi connectivity index (χ0) is 25.0. The van der Waals surface area contributed by atoms with E-state index in [1.807, 2.05) is 32.9 Å². The normalized spacial score (nSPS) is 21.8. The first-order valence-electron chi connectivity index (χ1n) is 13.2. The van der Waals surface area contributed by atoms with Crippen LogP contribution in [0.5, 0.6) is 0 Å². The molecule has 2 fully saturated rings. The molecule has 0 radical (unpaired) electrons. The lowest BCUT2D eigenvalue weighted by Crippen LogP contribution is -2.43. The molecule has 1 N–H and O–H groups in total. The Morgan fingerprint density at radius 1 is 1.06 bits per heavy atom. The van der Waals surface area contributed by atoms with Crippen LogP contribution >= 0.6 is 0 Å². The molecule has 188 valence electrons. The first-order valence-corrected chi connectivity index (χ1v) is 13.2. The summed E-state index contributed by atoms with van der Waals surface area (Å²) in [4.78, 5) is 14.8. The summed E-state index contributed by atoms with van der Waals surface area (Å²) < 4.78 is 5.47. The first-order chi connectivity index (χ1) is 16.7. The summed E-state index contributed by atoms with van der Waals surface area (Å²) in [5.41, 5.74) is 4.30. The van der Waals surface area contributed by atoms with Gasteiger partial charge in [-0.2, -0.15) is 0 Å². The number of nitrogens with zero attached hydrogens (tertiary/aromatic N) is 1. The van der Waals surface area contributed by atoms with Crippen molar-refractivity contribution in [3.05, 3.63) is 76.9 Å². The highest BCUT2D eigenvalue weighted by Crippen LogP contribution is 2.42. The number of nitrogens with one attached hydrogen (secondary N) is 1. The molecule has 2 atom stereocenters. The van der Waals surface area contributed by atoms with Crippen molar-refractivity contribution in [2.24, 2.45) is 11.8 Å². The van der Waals surface area contributed by atoms with Gasteiger partial charge in [0.1, 0.15) is 5.60 Å². The second-order valence-corrected chi connectivity index (χ2v) is 11.6. The van der Waals surface area contributed by atoms with Gasteiger partial charge in [0.15, 0.2) is 0 Å². The largest absolute Gasteiger partial charge is 0.456 e. The molecule has 4 nitrogen and oxygen atoms in total. The van der Waals surface area contributed by atoms with Crippen molar-refractivity contribution in [1.29, 1.82) is 0 Å². The van der Waals surface area contributed by atoms with E-state index >= 15 is 0 Å². The second kappa shape index (κ2) is 11.1. The van der Waals surface area contributed by atoms with Gasteiger partial charge in [-0.15, -0.1) is 0 Å². The van der Waals surface area contributed by atoms with Crippen molar-refractivity contribution in [3.63, 3.8) is 0 Å². The van der Waals surface area contributed by atoms with Crippen LogP contribution in [0, 0.1) is 11.8 Å². The molecule has 0 unspecified atom stereocenters. The van der Waals surface area contributed by atoms with Crippen LogP contribution in [0.3, 0.4) is 0 Å². The summed E-state index contributed by atoms with van der Waals surface area (Å²) in [7, 11) is 0. The Balaban J connectivity index is 1.23. The molecule has 4 rings (SSSR count). The minimum Gasteiger partial charge on any atom is -0.456 e. The molecule has 1 heterocycles. The van der Waals surface area contributed by atoms with Gasteiger partial charge in [0, 0.05) is 18.6 Å². The van der Waals surface area contributed by atoms with E-state index in [9.17, 15) is 4.79 Å². The highest BCUT2D eigenvalue weighted by atomic mass is 16.6. The number of hydrogen-bond donors (Lipinski definition) is 1. The molecule has 1 saturated carbocycles. The smallest absolute Gasteiger partial charge is 0.338 e. The minimum atomic E-state index is -0.469. The Morgan fingerprint density at radius 3 is 2.31 bits per heavy atom. The van der Waals surface area contributed by atoms with E-state index in [-0.39, 0.29) is 5.97 Å². The second-order valence-electron chi connectivity index (χ2n) is 11.6. The van der Waals surface area contributed by atoms with Gasteiger partial charge in [0.25, 0.3) is 0 Å². The van der Waals surface area contributed by atoms with Gasteiger partial charge in [-0.1, -0.05) is 68.0 Å². The maximum Gasteiger partial charge on any atom is 0.338 e. The predicted octanol–water partition coefficient (Wildman–Crippen LogP) is 6.32. The molecule has 0 spiro atoms. The van der Waals surface area contributed by atoms with E-state index in [1.54, 1.807) is 5.57 Å². The molecule has 2 aliphatic rings. The molecule has 2 aromatic rings. The molecule has 1 aliphatic carbocycles. The Hall–Kier alpha value is -2.43. The molecule has 0 bridgehead atoms. The molecule has 1 saturated heterocycles. The van der Waals surface area contributed by atoms with Gasteiger partial charge in [0.2, 0.25) is 0 Å². The van der Waals surface area contributed by atoms with Crippen molar-refractivity contribution in [1.82, 2.24) is 10.2 Å². The number of benzene rings is 2. The number of piperidine rings is 1. The summed E-state index contributed by atoms with van der Waals surface area (Å²) in [5.74, 6) is 1.00. The lowest BCUT2D eigenvalue weighted by molar-refractivity contribution is 0.00695. The van der Waals surface area contributed by atoms with Crippen LogP contribution in [0.15, 0.2) is 60.2 Å². The zero-order valence-electron chi connectivity index (χ0n) is 22.1. The number of ether oxygens (including phenoxy) is 1. The Labute approximate surface area is 211 Å². The van der Waals surface area contributed by atoms with E-state index in [0.29, 0.717) is 29.5 Å². The Bertz CT molecular complexity index is 997. The van der Waals surface area contributed by atoms with E-state index < -0.39 is 5.60 Å². The quantitative estimate of drug-likeness (QED) is 0.454. The molecule has 0 aromatic heterocycles. The molecular weight excluding hydrogens is 432 g/mol. The van der Waals surface area contributed by atoms with E-state index in [1.165, 1.54) is 30.4 Å². The summed E-state index contributed by atoms with van der Waals surface area (Å²) in [6.45, 7) is 13.5. The predicted molar refractivity (Wildman–Crippen MR) is 144 cm³/mol. The van der Waals surface area contributed by atoms with Gasteiger partial charge in [0.05, 0.1) is 5.56 Å². The molecule has 1 aliphatic heterocycles. The Morgan fingerprint density at radius 2 is 1.71 bits per heavy atom.